The summed E-state index contributed by atoms with van der Waals surface area (Å²) in [5.74, 6) is 0. The van der Waals surface area contributed by atoms with E-state index in [9.17, 15) is 0 Å². The summed E-state index contributed by atoms with van der Waals surface area (Å²) in [6.45, 7) is 4.91. The van der Waals surface area contributed by atoms with Crippen molar-refractivity contribution < 1.29 is 0 Å². The molecule has 3 nitrogen and oxygen atoms in total. The van der Waals surface area contributed by atoms with E-state index >= 15 is 0 Å². The average molecular weight is 266 g/mol. The van der Waals surface area contributed by atoms with E-state index in [2.05, 4.69) is 41.3 Å². The molecule has 0 radical (unpaired) electrons. The molecule has 4 heteroatoms. The van der Waals surface area contributed by atoms with Crippen LogP contribution in [0.3, 0.4) is 0 Å². The lowest BCUT2D eigenvalue weighted by molar-refractivity contribution is 0.222. The number of halogens is 1. The predicted octanol–water partition coefficient (Wildman–Crippen LogP) is 2.80. The second-order valence-corrected chi connectivity index (χ2v) is 5.07. The summed E-state index contributed by atoms with van der Waals surface area (Å²) in [4.78, 5) is 4.61. The fourth-order valence-corrected chi connectivity index (χ4v) is 2.23. The average Bonchev–Trinajstić information content (AvgIpc) is 2.85. The van der Waals surface area contributed by atoms with Crippen LogP contribution in [0.1, 0.15) is 24.9 Å². The van der Waals surface area contributed by atoms with Gasteiger partial charge in [-0.1, -0.05) is 23.7 Å². The van der Waals surface area contributed by atoms with Gasteiger partial charge in [-0.05, 0) is 37.6 Å². The fraction of sp³-hybridized carbons (Fsp3) is 0.429. The van der Waals surface area contributed by atoms with Crippen molar-refractivity contribution in [2.24, 2.45) is 5.73 Å². The lowest BCUT2D eigenvalue weighted by atomic mass is 10.1. The van der Waals surface area contributed by atoms with E-state index in [1.54, 1.807) is 0 Å². The van der Waals surface area contributed by atoms with E-state index in [4.69, 9.17) is 17.3 Å². The van der Waals surface area contributed by atoms with Crippen molar-refractivity contribution in [2.75, 3.05) is 19.8 Å². The Morgan fingerprint density at radius 3 is 2.67 bits per heavy atom. The van der Waals surface area contributed by atoms with Crippen LogP contribution >= 0.6 is 11.6 Å². The molecule has 0 bridgehead atoms. The minimum Gasteiger partial charge on any atom is -0.359 e. The summed E-state index contributed by atoms with van der Waals surface area (Å²) in [6.07, 6.45) is 5.32. The monoisotopic (exact) mass is 265 g/mol. The Morgan fingerprint density at radius 2 is 2.00 bits per heavy atom. The topological polar surface area (TPSA) is 32.5 Å². The fourth-order valence-electron chi connectivity index (χ4n) is 2.11. The van der Waals surface area contributed by atoms with E-state index in [0.717, 1.165) is 31.2 Å². The van der Waals surface area contributed by atoms with Crippen LogP contribution in [0.25, 0.3) is 0 Å². The van der Waals surface area contributed by atoms with E-state index in [1.165, 1.54) is 5.56 Å². The first kappa shape index (κ1) is 13.2. The van der Waals surface area contributed by atoms with Crippen LogP contribution in [0.2, 0.25) is 5.02 Å². The number of rotatable bonds is 5. The van der Waals surface area contributed by atoms with Gasteiger partial charge in [0, 0.05) is 24.0 Å². The molecule has 1 unspecified atom stereocenters. The highest BCUT2D eigenvalue weighted by Gasteiger charge is 2.18. The molecule has 1 aromatic carbocycles. The van der Waals surface area contributed by atoms with Gasteiger partial charge >= 0.3 is 0 Å². The van der Waals surface area contributed by atoms with Gasteiger partial charge in [-0.2, -0.15) is 0 Å². The van der Waals surface area contributed by atoms with Crippen molar-refractivity contribution in [1.29, 1.82) is 0 Å². The molecule has 1 atom stereocenters. The number of hydrogen-bond donors (Lipinski definition) is 1. The van der Waals surface area contributed by atoms with Gasteiger partial charge in [0.15, 0.2) is 0 Å². The van der Waals surface area contributed by atoms with Crippen molar-refractivity contribution in [3.05, 3.63) is 47.3 Å². The molecule has 0 fully saturated rings. The molecule has 18 heavy (non-hydrogen) atoms. The van der Waals surface area contributed by atoms with Crippen LogP contribution in [-0.2, 0) is 0 Å². The first-order valence-electron chi connectivity index (χ1n) is 6.34. The third-order valence-electron chi connectivity index (χ3n) is 3.31. The quantitative estimate of drug-likeness (QED) is 0.889. The number of nitrogens with zero attached hydrogens (tertiary/aromatic N) is 2. The minimum atomic E-state index is 0.362. The van der Waals surface area contributed by atoms with E-state index < -0.39 is 0 Å². The van der Waals surface area contributed by atoms with Gasteiger partial charge in [0.05, 0.1) is 12.7 Å². The van der Waals surface area contributed by atoms with Gasteiger partial charge in [-0.3, -0.25) is 0 Å². The summed E-state index contributed by atoms with van der Waals surface area (Å²) >= 11 is 5.91. The second-order valence-electron chi connectivity index (χ2n) is 4.64. The standard InChI is InChI=1S/C14H20ClN3/c1-12(13-3-5-14(15)6-4-13)18-10-9-17(11-18)8-2-7-16/h3-6,9-10,12H,2,7-8,11,16H2,1H3. The van der Waals surface area contributed by atoms with Crippen LogP contribution in [-0.4, -0.2) is 29.6 Å². The molecule has 0 spiro atoms. The number of hydrogen-bond acceptors (Lipinski definition) is 3. The maximum atomic E-state index is 5.91. The van der Waals surface area contributed by atoms with Crippen LogP contribution in [0.4, 0.5) is 0 Å². The highest BCUT2D eigenvalue weighted by atomic mass is 35.5. The molecule has 2 rings (SSSR count). The summed E-state index contributed by atoms with van der Waals surface area (Å²) < 4.78 is 0. The first-order valence-corrected chi connectivity index (χ1v) is 6.72. The van der Waals surface area contributed by atoms with Crippen molar-refractivity contribution in [1.82, 2.24) is 9.80 Å². The molecule has 98 valence electrons. The molecule has 0 saturated carbocycles. The third-order valence-corrected chi connectivity index (χ3v) is 3.57. The van der Waals surface area contributed by atoms with Gasteiger partial charge in [0.1, 0.15) is 0 Å². The zero-order valence-electron chi connectivity index (χ0n) is 10.7. The molecule has 0 aliphatic carbocycles. The van der Waals surface area contributed by atoms with E-state index in [-0.39, 0.29) is 0 Å². The van der Waals surface area contributed by atoms with Gasteiger partial charge in [0.25, 0.3) is 0 Å². The SMILES string of the molecule is CC(c1ccc(Cl)cc1)N1C=CN(CCCN)C1. The predicted molar refractivity (Wildman–Crippen MR) is 76.1 cm³/mol. The maximum Gasteiger partial charge on any atom is 0.0899 e. The molecule has 1 aliphatic rings. The van der Waals surface area contributed by atoms with Crippen LogP contribution in [0.15, 0.2) is 36.7 Å². The van der Waals surface area contributed by atoms with Gasteiger partial charge < -0.3 is 15.5 Å². The Balaban J connectivity index is 1.93. The normalized spacial score (nSPS) is 16.4. The van der Waals surface area contributed by atoms with Gasteiger partial charge in [0.2, 0.25) is 0 Å². The smallest absolute Gasteiger partial charge is 0.0899 e. The molecule has 1 aromatic rings. The van der Waals surface area contributed by atoms with Crippen molar-refractivity contribution in [2.45, 2.75) is 19.4 Å². The number of benzene rings is 1. The molecular weight excluding hydrogens is 246 g/mol. The zero-order valence-corrected chi connectivity index (χ0v) is 11.5. The van der Waals surface area contributed by atoms with Crippen LogP contribution < -0.4 is 5.73 Å². The largest absolute Gasteiger partial charge is 0.359 e. The maximum absolute atomic E-state index is 5.91. The molecular formula is C14H20ClN3. The van der Waals surface area contributed by atoms with Crippen LogP contribution in [0.5, 0.6) is 0 Å². The van der Waals surface area contributed by atoms with E-state index in [1.807, 2.05) is 12.1 Å². The molecule has 1 heterocycles. The van der Waals surface area contributed by atoms with Gasteiger partial charge in [-0.25, -0.2) is 0 Å². The number of nitrogens with two attached hydrogens (primary N) is 1. The van der Waals surface area contributed by atoms with Gasteiger partial charge in [-0.15, -0.1) is 0 Å². The minimum absolute atomic E-state index is 0.362. The Kier molecular flexibility index (Phi) is 4.50. The first-order chi connectivity index (χ1) is 8.70. The Morgan fingerprint density at radius 1 is 1.28 bits per heavy atom. The lowest BCUT2D eigenvalue weighted by Crippen LogP contribution is -2.28. The van der Waals surface area contributed by atoms with Crippen molar-refractivity contribution in [3.8, 4) is 0 Å². The summed E-state index contributed by atoms with van der Waals surface area (Å²) in [5, 5.41) is 0.785. The summed E-state index contributed by atoms with van der Waals surface area (Å²) in [6, 6.07) is 8.42. The molecule has 0 aromatic heterocycles. The van der Waals surface area contributed by atoms with Crippen LogP contribution in [0, 0.1) is 0 Å². The summed E-state index contributed by atoms with van der Waals surface area (Å²) in [7, 11) is 0. The third kappa shape index (κ3) is 3.18. The van der Waals surface area contributed by atoms with E-state index in [0.29, 0.717) is 6.04 Å². The molecule has 0 saturated heterocycles. The zero-order chi connectivity index (χ0) is 13.0. The second kappa shape index (κ2) is 6.12. The van der Waals surface area contributed by atoms with Crippen molar-refractivity contribution >= 4 is 11.6 Å². The lowest BCUT2D eigenvalue weighted by Gasteiger charge is -2.27. The summed E-state index contributed by atoms with van der Waals surface area (Å²) in [5.41, 5.74) is 6.81. The molecule has 2 N–H and O–H groups in total. The Bertz CT molecular complexity index is 402. The Labute approximate surface area is 114 Å². The van der Waals surface area contributed by atoms with Crippen molar-refractivity contribution in [3.63, 3.8) is 0 Å². The molecule has 0 amide bonds. The highest BCUT2D eigenvalue weighted by Crippen LogP contribution is 2.24. The highest BCUT2D eigenvalue weighted by molar-refractivity contribution is 6.30. The Hall–Kier alpha value is -1.19. The molecule has 1 aliphatic heterocycles.